The Hall–Kier alpha value is -2.32. The second-order valence-corrected chi connectivity index (χ2v) is 5.94. The smallest absolute Gasteiger partial charge is 0.337 e. The number of esters is 1. The van der Waals surface area contributed by atoms with Crippen LogP contribution in [0.4, 0.5) is 4.39 Å². The molecule has 0 N–H and O–H groups in total. The number of halogens is 1. The first kappa shape index (κ1) is 23.7. The van der Waals surface area contributed by atoms with Crippen molar-refractivity contribution in [1.29, 1.82) is 0 Å². The van der Waals surface area contributed by atoms with Crippen molar-refractivity contribution in [1.82, 2.24) is 0 Å². The summed E-state index contributed by atoms with van der Waals surface area (Å²) in [6.45, 7) is 5.41. The van der Waals surface area contributed by atoms with Crippen LogP contribution in [-0.4, -0.2) is 50.8 Å². The van der Waals surface area contributed by atoms with Crippen LogP contribution >= 0.6 is 0 Å². The van der Waals surface area contributed by atoms with E-state index in [4.69, 9.17) is 14.2 Å². The summed E-state index contributed by atoms with van der Waals surface area (Å²) in [7, 11) is 1.23. The lowest BCUT2D eigenvalue weighted by Gasteiger charge is -2.20. The highest BCUT2D eigenvalue weighted by Gasteiger charge is 2.31. The van der Waals surface area contributed by atoms with Crippen molar-refractivity contribution in [2.75, 3.05) is 26.9 Å². The highest BCUT2D eigenvalue weighted by Crippen LogP contribution is 2.21. The van der Waals surface area contributed by atoms with Gasteiger partial charge in [0.1, 0.15) is 5.78 Å². The van der Waals surface area contributed by atoms with Crippen LogP contribution in [0.15, 0.2) is 18.2 Å². The van der Waals surface area contributed by atoms with Crippen molar-refractivity contribution in [2.24, 2.45) is 5.92 Å². The molecule has 7 nitrogen and oxygen atoms in total. The summed E-state index contributed by atoms with van der Waals surface area (Å²) in [5.74, 6) is -2.96. The molecule has 28 heavy (non-hydrogen) atoms. The lowest BCUT2D eigenvalue weighted by atomic mass is 9.94. The Morgan fingerprint density at radius 1 is 1.11 bits per heavy atom. The van der Waals surface area contributed by atoms with Gasteiger partial charge in [0.25, 0.3) is 0 Å². The predicted molar refractivity (Wildman–Crippen MR) is 98.7 cm³/mol. The maximum absolute atomic E-state index is 13.8. The summed E-state index contributed by atoms with van der Waals surface area (Å²) in [6, 6.07) is 3.65. The van der Waals surface area contributed by atoms with Crippen molar-refractivity contribution in [3.63, 3.8) is 0 Å². The monoisotopic (exact) mass is 398 g/mol. The van der Waals surface area contributed by atoms with E-state index in [9.17, 15) is 18.8 Å². The van der Waals surface area contributed by atoms with Crippen LogP contribution in [0.5, 0.6) is 5.75 Å². The SMILES string of the molecule is CCOC(OCC)C(=O)C(CCCOc1cc(C(=O)OC)ccc1F)C(C)=O. The zero-order chi connectivity index (χ0) is 21.1. The fourth-order valence-electron chi connectivity index (χ4n) is 2.55. The quantitative estimate of drug-likeness (QED) is 0.218. The number of ketones is 2. The van der Waals surface area contributed by atoms with Crippen molar-refractivity contribution in [2.45, 2.75) is 39.9 Å². The molecular weight excluding hydrogens is 371 g/mol. The van der Waals surface area contributed by atoms with Crippen LogP contribution in [0.2, 0.25) is 0 Å². The average molecular weight is 398 g/mol. The van der Waals surface area contributed by atoms with Gasteiger partial charge in [-0.25, -0.2) is 9.18 Å². The summed E-state index contributed by atoms with van der Waals surface area (Å²) in [6.07, 6.45) is -0.551. The first-order chi connectivity index (χ1) is 13.3. The molecule has 0 saturated heterocycles. The van der Waals surface area contributed by atoms with Crippen molar-refractivity contribution in [3.8, 4) is 5.75 Å². The van der Waals surface area contributed by atoms with Gasteiger partial charge in [-0.05, 0) is 51.8 Å². The number of hydrogen-bond acceptors (Lipinski definition) is 7. The Morgan fingerprint density at radius 2 is 1.75 bits per heavy atom. The summed E-state index contributed by atoms with van der Waals surface area (Å²) in [4.78, 5) is 35.9. The molecule has 0 fully saturated rings. The lowest BCUT2D eigenvalue weighted by molar-refractivity contribution is -0.173. The summed E-state index contributed by atoms with van der Waals surface area (Å²) in [5, 5.41) is 0. The van der Waals surface area contributed by atoms with Gasteiger partial charge in [-0.2, -0.15) is 0 Å². The molecule has 156 valence electrons. The van der Waals surface area contributed by atoms with E-state index >= 15 is 0 Å². The predicted octanol–water partition coefficient (Wildman–Crippen LogP) is 2.94. The summed E-state index contributed by atoms with van der Waals surface area (Å²) >= 11 is 0. The third-order valence-electron chi connectivity index (χ3n) is 3.95. The Balaban J connectivity index is 2.67. The van der Waals surface area contributed by atoms with E-state index < -0.39 is 29.8 Å². The van der Waals surface area contributed by atoms with Crippen molar-refractivity contribution in [3.05, 3.63) is 29.6 Å². The minimum Gasteiger partial charge on any atom is -0.490 e. The molecule has 1 atom stereocenters. The Bertz CT molecular complexity index is 669. The van der Waals surface area contributed by atoms with Crippen molar-refractivity contribution < 1.29 is 37.7 Å². The first-order valence-electron chi connectivity index (χ1n) is 9.13. The number of ether oxygens (including phenoxy) is 4. The minimum atomic E-state index is -1.08. The zero-order valence-corrected chi connectivity index (χ0v) is 16.7. The standard InChI is InChI=1S/C20H27FO7/c1-5-26-20(27-6-2)18(23)15(13(3)22)8-7-11-28-17-12-14(19(24)25-4)9-10-16(17)21/h9-10,12,15,20H,5-8,11H2,1-4H3. The fraction of sp³-hybridized carbons (Fsp3) is 0.550. The van der Waals surface area contributed by atoms with E-state index in [1.165, 1.54) is 26.2 Å². The van der Waals surface area contributed by atoms with Gasteiger partial charge in [-0.15, -0.1) is 0 Å². The summed E-state index contributed by atoms with van der Waals surface area (Å²) < 4.78 is 34.3. The van der Waals surface area contributed by atoms with Gasteiger partial charge in [0, 0.05) is 13.2 Å². The summed E-state index contributed by atoms with van der Waals surface area (Å²) in [5.41, 5.74) is 0.159. The van der Waals surface area contributed by atoms with Gasteiger partial charge >= 0.3 is 5.97 Å². The molecule has 0 bridgehead atoms. The molecule has 0 heterocycles. The van der Waals surface area contributed by atoms with Crippen LogP contribution in [0.3, 0.4) is 0 Å². The largest absolute Gasteiger partial charge is 0.490 e. The van der Waals surface area contributed by atoms with Gasteiger partial charge in [-0.1, -0.05) is 0 Å². The van der Waals surface area contributed by atoms with Crippen LogP contribution in [0, 0.1) is 11.7 Å². The molecule has 0 aliphatic rings. The van der Waals surface area contributed by atoms with E-state index in [-0.39, 0.29) is 43.3 Å². The minimum absolute atomic E-state index is 0.0620. The van der Waals surface area contributed by atoms with Gasteiger partial charge in [0.15, 0.2) is 17.3 Å². The van der Waals surface area contributed by atoms with Gasteiger partial charge in [0.2, 0.25) is 6.29 Å². The Labute approximate surface area is 164 Å². The highest BCUT2D eigenvalue weighted by molar-refractivity contribution is 6.02. The molecule has 0 spiro atoms. The fourth-order valence-corrected chi connectivity index (χ4v) is 2.55. The molecule has 0 aliphatic carbocycles. The molecule has 0 aromatic heterocycles. The third-order valence-corrected chi connectivity index (χ3v) is 3.95. The van der Waals surface area contributed by atoms with Crippen LogP contribution in [0.1, 0.15) is 44.0 Å². The van der Waals surface area contributed by atoms with Crippen molar-refractivity contribution >= 4 is 17.5 Å². The van der Waals surface area contributed by atoms with E-state index in [2.05, 4.69) is 4.74 Å². The zero-order valence-electron chi connectivity index (χ0n) is 16.7. The van der Waals surface area contributed by atoms with E-state index in [1.54, 1.807) is 13.8 Å². The van der Waals surface area contributed by atoms with E-state index in [1.807, 2.05) is 0 Å². The van der Waals surface area contributed by atoms with Crippen LogP contribution < -0.4 is 4.74 Å². The molecule has 0 radical (unpaired) electrons. The van der Waals surface area contributed by atoms with Gasteiger partial charge in [0.05, 0.1) is 25.2 Å². The third kappa shape index (κ3) is 7.01. The molecular formula is C20H27FO7. The van der Waals surface area contributed by atoms with E-state index in [0.29, 0.717) is 6.42 Å². The highest BCUT2D eigenvalue weighted by atomic mass is 19.1. The average Bonchev–Trinajstić information content (AvgIpc) is 2.67. The first-order valence-corrected chi connectivity index (χ1v) is 9.13. The molecule has 1 aromatic carbocycles. The van der Waals surface area contributed by atoms with Crippen LogP contribution in [0.25, 0.3) is 0 Å². The molecule has 1 rings (SSSR count). The maximum Gasteiger partial charge on any atom is 0.337 e. The topological polar surface area (TPSA) is 88.1 Å². The molecule has 0 amide bonds. The lowest BCUT2D eigenvalue weighted by Crippen LogP contribution is -2.36. The van der Waals surface area contributed by atoms with Gasteiger partial charge in [-0.3, -0.25) is 9.59 Å². The number of Topliss-reactive ketones (excluding diaryl/α,β-unsaturated/α-hetero) is 2. The number of carbonyl (C=O) groups is 3. The second-order valence-electron chi connectivity index (χ2n) is 5.94. The second kappa shape index (κ2) is 12.2. The number of rotatable bonds is 13. The Kier molecular flexibility index (Phi) is 10.3. The molecule has 1 aromatic rings. The number of hydrogen-bond donors (Lipinski definition) is 0. The molecule has 0 aliphatic heterocycles. The normalized spacial score (nSPS) is 11.9. The van der Waals surface area contributed by atoms with E-state index in [0.717, 1.165) is 6.07 Å². The molecule has 1 unspecified atom stereocenters. The molecule has 0 saturated carbocycles. The van der Waals surface area contributed by atoms with Gasteiger partial charge < -0.3 is 18.9 Å². The number of benzene rings is 1. The molecule has 8 heteroatoms. The maximum atomic E-state index is 13.8. The van der Waals surface area contributed by atoms with Crippen LogP contribution in [-0.2, 0) is 23.8 Å². The number of carbonyl (C=O) groups excluding carboxylic acids is 3. The Morgan fingerprint density at radius 3 is 2.29 bits per heavy atom. The number of methoxy groups -OCH3 is 1.